The van der Waals surface area contributed by atoms with Crippen LogP contribution in [-0.2, 0) is 7.05 Å². The Balaban J connectivity index is 2.69. The molecule has 0 amide bonds. The number of hydrogen-bond donors (Lipinski definition) is 0. The minimum Gasteiger partial charge on any atom is -0.350 e. The van der Waals surface area contributed by atoms with Crippen LogP contribution in [0, 0.1) is 0 Å². The number of fused-ring (bicyclic) bond motifs is 1. The fourth-order valence-corrected chi connectivity index (χ4v) is 2.01. The molecule has 1 aromatic carbocycles. The van der Waals surface area contributed by atoms with Crippen LogP contribution in [0.3, 0.4) is 0 Å². The van der Waals surface area contributed by atoms with Crippen molar-refractivity contribution in [3.05, 3.63) is 36.0 Å². The molecule has 2 aromatic rings. The molecule has 1 atom stereocenters. The van der Waals surface area contributed by atoms with E-state index in [1.54, 1.807) is 0 Å². The van der Waals surface area contributed by atoms with Crippen molar-refractivity contribution >= 4 is 10.9 Å². The van der Waals surface area contributed by atoms with Crippen molar-refractivity contribution in [2.75, 3.05) is 0 Å². The van der Waals surface area contributed by atoms with Crippen LogP contribution < -0.4 is 0 Å². The van der Waals surface area contributed by atoms with Crippen molar-refractivity contribution < 1.29 is 0 Å². The summed E-state index contributed by atoms with van der Waals surface area (Å²) in [6.45, 7) is 4.54. The van der Waals surface area contributed by atoms with Crippen molar-refractivity contribution in [2.45, 2.75) is 26.2 Å². The summed E-state index contributed by atoms with van der Waals surface area (Å²) < 4.78 is 2.22. The standard InChI is InChI=1S/C13H17N/c1-4-10(2)12-7-5-6-11-8-9-14(3)13(11)12/h5-10H,4H2,1-3H3. The lowest BCUT2D eigenvalue weighted by Crippen LogP contribution is -1.96. The van der Waals surface area contributed by atoms with Gasteiger partial charge in [0.05, 0.1) is 5.52 Å². The average molecular weight is 187 g/mol. The molecule has 0 fully saturated rings. The molecule has 0 aliphatic carbocycles. The van der Waals surface area contributed by atoms with Gasteiger partial charge >= 0.3 is 0 Å². The quantitative estimate of drug-likeness (QED) is 0.675. The number of aromatic nitrogens is 1. The molecule has 0 aliphatic heterocycles. The topological polar surface area (TPSA) is 4.93 Å². The first kappa shape index (κ1) is 9.32. The predicted molar refractivity (Wildman–Crippen MR) is 61.6 cm³/mol. The van der Waals surface area contributed by atoms with Crippen LogP contribution in [0.4, 0.5) is 0 Å². The van der Waals surface area contributed by atoms with Crippen LogP contribution >= 0.6 is 0 Å². The number of nitrogens with zero attached hydrogens (tertiary/aromatic N) is 1. The monoisotopic (exact) mass is 187 g/mol. The molecule has 0 spiro atoms. The third-order valence-electron chi connectivity index (χ3n) is 3.07. The summed E-state index contributed by atoms with van der Waals surface area (Å²) in [5.74, 6) is 0.646. The van der Waals surface area contributed by atoms with Crippen LogP contribution in [0.5, 0.6) is 0 Å². The highest BCUT2D eigenvalue weighted by Gasteiger charge is 2.09. The van der Waals surface area contributed by atoms with Crippen molar-refractivity contribution in [2.24, 2.45) is 7.05 Å². The lowest BCUT2D eigenvalue weighted by atomic mass is 9.97. The lowest BCUT2D eigenvalue weighted by molar-refractivity contribution is 0.734. The Bertz CT molecular complexity index is 439. The van der Waals surface area contributed by atoms with Crippen LogP contribution in [0.2, 0.25) is 0 Å². The smallest absolute Gasteiger partial charge is 0.0512 e. The molecule has 1 unspecified atom stereocenters. The molecular weight excluding hydrogens is 170 g/mol. The zero-order valence-corrected chi connectivity index (χ0v) is 9.12. The summed E-state index contributed by atoms with van der Waals surface area (Å²) in [7, 11) is 2.12. The van der Waals surface area contributed by atoms with Crippen LogP contribution in [0.1, 0.15) is 31.7 Å². The fourth-order valence-electron chi connectivity index (χ4n) is 2.01. The van der Waals surface area contributed by atoms with E-state index in [-0.39, 0.29) is 0 Å². The Morgan fingerprint density at radius 1 is 1.29 bits per heavy atom. The number of hydrogen-bond acceptors (Lipinski definition) is 0. The number of benzene rings is 1. The second kappa shape index (κ2) is 3.49. The third kappa shape index (κ3) is 1.33. The van der Waals surface area contributed by atoms with Gasteiger partial charge in [0, 0.05) is 13.2 Å². The van der Waals surface area contributed by atoms with Crippen LogP contribution in [0.15, 0.2) is 30.5 Å². The molecule has 0 saturated carbocycles. The van der Waals surface area contributed by atoms with Gasteiger partial charge in [0.1, 0.15) is 0 Å². The zero-order valence-electron chi connectivity index (χ0n) is 9.12. The van der Waals surface area contributed by atoms with Gasteiger partial charge in [-0.3, -0.25) is 0 Å². The molecule has 0 N–H and O–H groups in total. The molecule has 0 bridgehead atoms. The Morgan fingerprint density at radius 3 is 2.79 bits per heavy atom. The van der Waals surface area contributed by atoms with Gasteiger partial charge in [0.25, 0.3) is 0 Å². The van der Waals surface area contributed by atoms with Gasteiger partial charge in [0.15, 0.2) is 0 Å². The van der Waals surface area contributed by atoms with E-state index in [1.165, 1.54) is 22.9 Å². The van der Waals surface area contributed by atoms with E-state index < -0.39 is 0 Å². The summed E-state index contributed by atoms with van der Waals surface area (Å²) in [6, 6.07) is 8.77. The Hall–Kier alpha value is -1.24. The maximum atomic E-state index is 2.29. The molecular formula is C13H17N. The van der Waals surface area contributed by atoms with Crippen molar-refractivity contribution in [3.8, 4) is 0 Å². The zero-order chi connectivity index (χ0) is 10.1. The molecule has 14 heavy (non-hydrogen) atoms. The summed E-state index contributed by atoms with van der Waals surface area (Å²) in [4.78, 5) is 0. The summed E-state index contributed by atoms with van der Waals surface area (Å²) in [5, 5.41) is 1.35. The Labute approximate surface area is 85.4 Å². The fraction of sp³-hybridized carbons (Fsp3) is 0.385. The maximum absolute atomic E-state index is 2.29. The van der Waals surface area contributed by atoms with E-state index in [9.17, 15) is 0 Å². The summed E-state index contributed by atoms with van der Waals surface area (Å²) in [6.07, 6.45) is 3.33. The highest BCUT2D eigenvalue weighted by atomic mass is 14.9. The summed E-state index contributed by atoms with van der Waals surface area (Å²) >= 11 is 0. The van der Waals surface area contributed by atoms with E-state index >= 15 is 0 Å². The molecule has 1 heteroatoms. The van der Waals surface area contributed by atoms with Gasteiger partial charge in [0.2, 0.25) is 0 Å². The van der Waals surface area contributed by atoms with Crippen LogP contribution in [0.25, 0.3) is 10.9 Å². The van der Waals surface area contributed by atoms with Gasteiger partial charge in [-0.25, -0.2) is 0 Å². The van der Waals surface area contributed by atoms with Gasteiger partial charge in [-0.05, 0) is 29.4 Å². The van der Waals surface area contributed by atoms with Gasteiger partial charge in [-0.2, -0.15) is 0 Å². The van der Waals surface area contributed by atoms with Crippen molar-refractivity contribution in [1.29, 1.82) is 0 Å². The highest BCUT2D eigenvalue weighted by Crippen LogP contribution is 2.27. The first-order chi connectivity index (χ1) is 6.74. The Kier molecular flexibility index (Phi) is 2.32. The second-order valence-corrected chi connectivity index (χ2v) is 4.02. The first-order valence-electron chi connectivity index (χ1n) is 5.28. The van der Waals surface area contributed by atoms with Gasteiger partial charge in [-0.1, -0.05) is 32.0 Å². The molecule has 1 aromatic heterocycles. The molecule has 1 nitrogen and oxygen atoms in total. The van der Waals surface area contributed by atoms with Crippen LogP contribution in [-0.4, -0.2) is 4.57 Å². The highest BCUT2D eigenvalue weighted by molar-refractivity contribution is 5.83. The van der Waals surface area contributed by atoms with E-state index in [2.05, 4.69) is 55.9 Å². The van der Waals surface area contributed by atoms with E-state index in [1.807, 2.05) is 0 Å². The number of para-hydroxylation sites is 1. The third-order valence-corrected chi connectivity index (χ3v) is 3.07. The molecule has 1 heterocycles. The van der Waals surface area contributed by atoms with E-state index in [4.69, 9.17) is 0 Å². The second-order valence-electron chi connectivity index (χ2n) is 4.02. The largest absolute Gasteiger partial charge is 0.350 e. The number of rotatable bonds is 2. The molecule has 0 saturated heterocycles. The summed E-state index contributed by atoms with van der Waals surface area (Å²) in [5.41, 5.74) is 2.86. The molecule has 0 aliphatic rings. The van der Waals surface area contributed by atoms with Crippen molar-refractivity contribution in [3.63, 3.8) is 0 Å². The number of aryl methyl sites for hydroxylation is 1. The molecule has 2 rings (SSSR count). The lowest BCUT2D eigenvalue weighted by Gasteiger charge is -2.11. The van der Waals surface area contributed by atoms with Gasteiger partial charge < -0.3 is 4.57 Å². The van der Waals surface area contributed by atoms with E-state index in [0.717, 1.165) is 0 Å². The molecule has 74 valence electrons. The SMILES string of the molecule is CCC(C)c1cccc2ccn(C)c12. The Morgan fingerprint density at radius 2 is 2.07 bits per heavy atom. The normalized spacial score (nSPS) is 13.4. The molecule has 0 radical (unpaired) electrons. The predicted octanol–water partition coefficient (Wildman–Crippen LogP) is 3.69. The van der Waals surface area contributed by atoms with Gasteiger partial charge in [-0.15, -0.1) is 0 Å². The minimum atomic E-state index is 0.646. The average Bonchev–Trinajstić information content (AvgIpc) is 2.59. The van der Waals surface area contributed by atoms with E-state index in [0.29, 0.717) is 5.92 Å². The van der Waals surface area contributed by atoms with Crippen molar-refractivity contribution in [1.82, 2.24) is 4.57 Å². The first-order valence-corrected chi connectivity index (χ1v) is 5.28. The minimum absolute atomic E-state index is 0.646. The maximum Gasteiger partial charge on any atom is 0.0512 e.